The molecule has 7 heteroatoms. The Labute approximate surface area is 123 Å². The number of rotatable bonds is 4. The van der Waals surface area contributed by atoms with Crippen LogP contribution in [0.3, 0.4) is 0 Å². The van der Waals surface area contributed by atoms with Gasteiger partial charge in [-0.05, 0) is 38.2 Å². The van der Waals surface area contributed by atoms with E-state index in [1.807, 2.05) is 19.9 Å². The average Bonchev–Trinajstić information content (AvgIpc) is 2.30. The smallest absolute Gasteiger partial charge is 0.195 e. The van der Waals surface area contributed by atoms with Crippen LogP contribution in [0.25, 0.3) is 0 Å². The van der Waals surface area contributed by atoms with Crippen molar-refractivity contribution >= 4 is 34.9 Å². The molecule has 0 amide bonds. The number of nitrogens with two attached hydrogens (primary N) is 1. The molecule has 104 valence electrons. The lowest BCUT2D eigenvalue weighted by Crippen LogP contribution is -2.44. The van der Waals surface area contributed by atoms with E-state index in [-0.39, 0.29) is 6.04 Å². The normalized spacial score (nSPS) is 11.5. The summed E-state index contributed by atoms with van der Waals surface area (Å²) >= 11 is 11.1. The van der Waals surface area contributed by atoms with E-state index in [1.165, 1.54) is 0 Å². The van der Waals surface area contributed by atoms with Crippen molar-refractivity contribution in [3.63, 3.8) is 0 Å². The number of nitrogens with zero attached hydrogens (tertiary/aromatic N) is 2. The van der Waals surface area contributed by atoms with Crippen molar-refractivity contribution in [1.82, 2.24) is 15.6 Å². The van der Waals surface area contributed by atoms with Gasteiger partial charge >= 0.3 is 0 Å². The Morgan fingerprint density at radius 3 is 2.95 bits per heavy atom. The maximum absolute atomic E-state index is 6.00. The van der Waals surface area contributed by atoms with Crippen LogP contribution >= 0.6 is 23.8 Å². The molecule has 0 atom stereocenters. The fourth-order valence-corrected chi connectivity index (χ4v) is 1.79. The molecular formula is C12H18ClN5S. The van der Waals surface area contributed by atoms with E-state index in [4.69, 9.17) is 29.6 Å². The Morgan fingerprint density at radius 1 is 1.58 bits per heavy atom. The molecule has 1 aromatic heterocycles. The molecule has 1 rings (SSSR count). The van der Waals surface area contributed by atoms with Crippen molar-refractivity contribution in [3.05, 3.63) is 29.0 Å². The van der Waals surface area contributed by atoms with Crippen molar-refractivity contribution in [1.29, 1.82) is 0 Å². The van der Waals surface area contributed by atoms with Crippen molar-refractivity contribution in [2.24, 2.45) is 10.7 Å². The van der Waals surface area contributed by atoms with Gasteiger partial charge in [0.2, 0.25) is 0 Å². The van der Waals surface area contributed by atoms with Gasteiger partial charge in [-0.2, -0.15) is 0 Å². The molecule has 0 bridgehead atoms. The van der Waals surface area contributed by atoms with Crippen LogP contribution in [0.4, 0.5) is 0 Å². The molecule has 0 unspecified atom stereocenters. The number of thiocarbonyl (C=S) groups is 1. The van der Waals surface area contributed by atoms with E-state index < -0.39 is 0 Å². The predicted octanol–water partition coefficient (Wildman–Crippen LogP) is 1.46. The second kappa shape index (κ2) is 7.91. The van der Waals surface area contributed by atoms with Crippen LogP contribution in [0.5, 0.6) is 0 Å². The second-order valence-electron chi connectivity index (χ2n) is 4.17. The van der Waals surface area contributed by atoms with Crippen LogP contribution in [-0.2, 0) is 6.42 Å². The third kappa shape index (κ3) is 6.35. The summed E-state index contributed by atoms with van der Waals surface area (Å²) in [6.45, 7) is 4.50. The summed E-state index contributed by atoms with van der Waals surface area (Å²) < 4.78 is 0. The zero-order valence-corrected chi connectivity index (χ0v) is 12.6. The number of aliphatic imine (C=N–C) groups is 1. The van der Waals surface area contributed by atoms with Gasteiger partial charge in [0, 0.05) is 25.2 Å². The predicted molar refractivity (Wildman–Crippen MR) is 83.4 cm³/mol. The summed E-state index contributed by atoms with van der Waals surface area (Å²) in [6, 6.07) is 3.74. The van der Waals surface area contributed by atoms with Gasteiger partial charge in [-0.3, -0.25) is 9.98 Å². The molecule has 0 spiro atoms. The van der Waals surface area contributed by atoms with Crippen LogP contribution < -0.4 is 16.4 Å². The van der Waals surface area contributed by atoms with Gasteiger partial charge in [-0.15, -0.1) is 0 Å². The lowest BCUT2D eigenvalue weighted by Gasteiger charge is -2.10. The topological polar surface area (TPSA) is 75.3 Å². The summed E-state index contributed by atoms with van der Waals surface area (Å²) in [6.07, 6.45) is 2.40. The molecule has 0 fully saturated rings. The molecule has 5 nitrogen and oxygen atoms in total. The first kappa shape index (κ1) is 15.7. The zero-order valence-electron chi connectivity index (χ0n) is 11.0. The minimum atomic E-state index is 0.127. The molecule has 1 aromatic rings. The van der Waals surface area contributed by atoms with Gasteiger partial charge in [0.05, 0.1) is 10.7 Å². The first-order chi connectivity index (χ1) is 8.99. The molecule has 0 saturated carbocycles. The summed E-state index contributed by atoms with van der Waals surface area (Å²) in [5, 5.41) is 6.93. The summed E-state index contributed by atoms with van der Waals surface area (Å²) in [7, 11) is 0. The van der Waals surface area contributed by atoms with Gasteiger partial charge < -0.3 is 16.4 Å². The highest BCUT2D eigenvalue weighted by Gasteiger charge is 2.02. The Bertz CT molecular complexity index is 461. The molecule has 0 aliphatic rings. The van der Waals surface area contributed by atoms with E-state index in [2.05, 4.69) is 20.6 Å². The maximum Gasteiger partial charge on any atom is 0.195 e. The van der Waals surface area contributed by atoms with E-state index >= 15 is 0 Å². The largest absolute Gasteiger partial charge is 0.370 e. The molecule has 1 heterocycles. The number of nitrogens with one attached hydrogen (secondary N) is 2. The zero-order chi connectivity index (χ0) is 14.3. The third-order valence-corrected chi connectivity index (χ3v) is 2.71. The molecule has 0 saturated heterocycles. The van der Waals surface area contributed by atoms with Crippen LogP contribution in [-0.4, -0.2) is 28.6 Å². The van der Waals surface area contributed by atoms with Crippen LogP contribution in [0.15, 0.2) is 23.3 Å². The number of pyridine rings is 1. The van der Waals surface area contributed by atoms with Gasteiger partial charge in [-0.25, -0.2) is 0 Å². The minimum Gasteiger partial charge on any atom is -0.370 e. The molecule has 0 aromatic carbocycles. The maximum atomic E-state index is 6.00. The second-order valence-corrected chi connectivity index (χ2v) is 4.99. The SMILES string of the molecule is CC(C)N=C(N)NC(=S)NCCc1ncccc1Cl. The number of hydrogen-bond donors (Lipinski definition) is 3. The monoisotopic (exact) mass is 299 g/mol. The van der Waals surface area contributed by atoms with Gasteiger partial charge in [-0.1, -0.05) is 11.6 Å². The Balaban J connectivity index is 2.34. The molecular weight excluding hydrogens is 282 g/mol. The standard InChI is InChI=1S/C12H18ClN5S/c1-8(2)17-11(14)18-12(19)16-7-5-10-9(13)4-3-6-15-10/h3-4,6,8H,5,7H2,1-2H3,(H4,14,16,17,18,19). The van der Waals surface area contributed by atoms with Crippen molar-refractivity contribution in [2.45, 2.75) is 26.3 Å². The van der Waals surface area contributed by atoms with Crippen LogP contribution in [0.1, 0.15) is 19.5 Å². The number of guanidine groups is 1. The van der Waals surface area contributed by atoms with Crippen LogP contribution in [0, 0.1) is 0 Å². The summed E-state index contributed by atoms with van der Waals surface area (Å²) in [4.78, 5) is 8.31. The van der Waals surface area contributed by atoms with Crippen LogP contribution in [0.2, 0.25) is 5.02 Å². The molecule has 0 aliphatic heterocycles. The highest BCUT2D eigenvalue weighted by atomic mass is 35.5. The molecule has 0 aliphatic carbocycles. The van der Waals surface area contributed by atoms with E-state index in [0.717, 1.165) is 5.69 Å². The highest BCUT2D eigenvalue weighted by Crippen LogP contribution is 2.11. The van der Waals surface area contributed by atoms with Gasteiger partial charge in [0.25, 0.3) is 0 Å². The molecule has 4 N–H and O–H groups in total. The fourth-order valence-electron chi connectivity index (χ4n) is 1.37. The lowest BCUT2D eigenvalue weighted by atomic mass is 10.3. The molecule has 0 radical (unpaired) electrons. The third-order valence-electron chi connectivity index (χ3n) is 2.12. The highest BCUT2D eigenvalue weighted by molar-refractivity contribution is 7.80. The number of hydrogen-bond acceptors (Lipinski definition) is 3. The van der Waals surface area contributed by atoms with Gasteiger partial charge in [0.1, 0.15) is 0 Å². The minimum absolute atomic E-state index is 0.127. The Hall–Kier alpha value is -1.40. The quantitative estimate of drug-likeness (QED) is 0.446. The summed E-state index contributed by atoms with van der Waals surface area (Å²) in [5.74, 6) is 0.309. The Morgan fingerprint density at radius 2 is 2.32 bits per heavy atom. The average molecular weight is 300 g/mol. The van der Waals surface area contributed by atoms with E-state index in [9.17, 15) is 0 Å². The summed E-state index contributed by atoms with van der Waals surface area (Å²) in [5.41, 5.74) is 6.50. The van der Waals surface area contributed by atoms with Crippen molar-refractivity contribution in [2.75, 3.05) is 6.54 Å². The Kier molecular flexibility index (Phi) is 6.52. The van der Waals surface area contributed by atoms with E-state index in [1.54, 1.807) is 12.3 Å². The first-order valence-corrected chi connectivity index (χ1v) is 6.75. The van der Waals surface area contributed by atoms with Crippen molar-refractivity contribution < 1.29 is 0 Å². The fraction of sp³-hybridized carbons (Fsp3) is 0.417. The number of halogens is 1. The van der Waals surface area contributed by atoms with E-state index in [0.29, 0.717) is 29.1 Å². The van der Waals surface area contributed by atoms with Crippen molar-refractivity contribution in [3.8, 4) is 0 Å². The number of aromatic nitrogens is 1. The first-order valence-electron chi connectivity index (χ1n) is 5.96. The lowest BCUT2D eigenvalue weighted by molar-refractivity contribution is 0.818. The van der Waals surface area contributed by atoms with Gasteiger partial charge in [0.15, 0.2) is 11.1 Å². The molecule has 19 heavy (non-hydrogen) atoms.